The molecular formula is C18H21N3O4. The van der Waals surface area contributed by atoms with Crippen LogP contribution in [0.25, 0.3) is 0 Å². The Morgan fingerprint density at radius 1 is 1.36 bits per heavy atom. The summed E-state index contributed by atoms with van der Waals surface area (Å²) in [5.74, 6) is -0.0574. The van der Waals surface area contributed by atoms with E-state index in [9.17, 15) is 4.79 Å². The van der Waals surface area contributed by atoms with Crippen molar-refractivity contribution in [1.29, 1.82) is 5.26 Å². The van der Waals surface area contributed by atoms with Gasteiger partial charge in [-0.05, 0) is 12.5 Å². The van der Waals surface area contributed by atoms with Gasteiger partial charge in [-0.15, -0.1) is 0 Å². The van der Waals surface area contributed by atoms with E-state index in [1.165, 1.54) is 13.3 Å². The van der Waals surface area contributed by atoms with Crippen molar-refractivity contribution in [3.05, 3.63) is 17.7 Å². The van der Waals surface area contributed by atoms with E-state index in [0.29, 0.717) is 29.4 Å². The van der Waals surface area contributed by atoms with Gasteiger partial charge >= 0.3 is 0 Å². The summed E-state index contributed by atoms with van der Waals surface area (Å²) in [6.07, 6.45) is 2.26. The van der Waals surface area contributed by atoms with Crippen molar-refractivity contribution in [3.8, 4) is 17.6 Å². The van der Waals surface area contributed by atoms with Gasteiger partial charge in [0.15, 0.2) is 17.3 Å². The van der Waals surface area contributed by atoms with Crippen molar-refractivity contribution in [2.24, 2.45) is 10.9 Å². The van der Waals surface area contributed by atoms with Crippen LogP contribution in [0.5, 0.6) is 11.5 Å². The highest BCUT2D eigenvalue weighted by Gasteiger charge is 2.26. The largest absolute Gasteiger partial charge is 0.493 e. The standard InChI is InChI=1S/C18H21N3O4/c1-23-16-9-14-15(20-12-13(11-19)18(14)22)10-17(16)25-6-2-3-21-4-7-24-8-5-21/h9-10,12-13H,2-8H2,1H3. The zero-order chi connectivity index (χ0) is 17.6. The van der Waals surface area contributed by atoms with Crippen LogP contribution < -0.4 is 9.47 Å². The molecule has 2 heterocycles. The molecule has 0 spiro atoms. The third kappa shape index (κ3) is 3.98. The number of aliphatic imine (C=N–C) groups is 1. The van der Waals surface area contributed by atoms with Gasteiger partial charge in [-0.2, -0.15) is 5.26 Å². The molecule has 0 amide bonds. The molecule has 3 rings (SSSR count). The molecule has 0 bridgehead atoms. The normalized spacial score (nSPS) is 20.0. The summed E-state index contributed by atoms with van der Waals surface area (Å²) in [6, 6.07) is 5.24. The molecule has 0 N–H and O–H groups in total. The summed E-state index contributed by atoms with van der Waals surface area (Å²) in [6.45, 7) is 4.99. The van der Waals surface area contributed by atoms with Crippen molar-refractivity contribution in [2.45, 2.75) is 6.42 Å². The van der Waals surface area contributed by atoms with Crippen LogP contribution in [0.1, 0.15) is 16.8 Å². The van der Waals surface area contributed by atoms with Gasteiger partial charge < -0.3 is 14.2 Å². The molecule has 0 saturated carbocycles. The van der Waals surface area contributed by atoms with E-state index < -0.39 is 5.92 Å². The number of methoxy groups -OCH3 is 1. The molecule has 25 heavy (non-hydrogen) atoms. The summed E-state index contributed by atoms with van der Waals surface area (Å²) in [5.41, 5.74) is 0.909. The smallest absolute Gasteiger partial charge is 0.187 e. The van der Waals surface area contributed by atoms with Gasteiger partial charge in [0.05, 0.1) is 38.7 Å². The molecule has 1 aromatic rings. The highest BCUT2D eigenvalue weighted by molar-refractivity contribution is 6.14. The Balaban J connectivity index is 1.63. The maximum atomic E-state index is 12.2. The van der Waals surface area contributed by atoms with Gasteiger partial charge in [-0.1, -0.05) is 0 Å². The zero-order valence-corrected chi connectivity index (χ0v) is 14.2. The average molecular weight is 343 g/mol. The number of ether oxygens (including phenoxy) is 3. The minimum Gasteiger partial charge on any atom is -0.493 e. The Morgan fingerprint density at radius 2 is 2.16 bits per heavy atom. The van der Waals surface area contributed by atoms with E-state index in [1.54, 1.807) is 12.1 Å². The number of Topliss-reactive ketones (excluding diaryl/α,β-unsaturated/α-hetero) is 1. The summed E-state index contributed by atoms with van der Waals surface area (Å²) < 4.78 is 16.5. The Kier molecular flexibility index (Phi) is 5.64. The van der Waals surface area contributed by atoms with E-state index >= 15 is 0 Å². The number of morpholine rings is 1. The lowest BCUT2D eigenvalue weighted by Gasteiger charge is -2.26. The number of carbonyl (C=O) groups excluding carboxylic acids is 1. The molecule has 1 aromatic carbocycles. The third-order valence-corrected chi connectivity index (χ3v) is 4.31. The predicted octanol–water partition coefficient (Wildman–Crippen LogP) is 1.83. The first-order chi connectivity index (χ1) is 12.2. The molecule has 2 aliphatic rings. The lowest BCUT2D eigenvalue weighted by molar-refractivity contribution is 0.0357. The summed E-state index contributed by atoms with van der Waals surface area (Å²) in [4.78, 5) is 18.8. The second kappa shape index (κ2) is 8.10. The van der Waals surface area contributed by atoms with Crippen LogP contribution in [0.15, 0.2) is 17.1 Å². The SMILES string of the molecule is COc1cc2c(cc1OCCCN1CCOCC1)N=CC(C#N)C2=O. The van der Waals surface area contributed by atoms with E-state index in [4.69, 9.17) is 19.5 Å². The minimum atomic E-state index is -0.836. The van der Waals surface area contributed by atoms with Crippen molar-refractivity contribution >= 4 is 17.7 Å². The van der Waals surface area contributed by atoms with Gasteiger partial charge in [-0.25, -0.2) is 0 Å². The van der Waals surface area contributed by atoms with Gasteiger partial charge in [0.25, 0.3) is 0 Å². The fourth-order valence-electron chi connectivity index (χ4n) is 2.90. The Hall–Kier alpha value is -2.43. The van der Waals surface area contributed by atoms with Gasteiger partial charge in [0.2, 0.25) is 0 Å². The van der Waals surface area contributed by atoms with Crippen LogP contribution in [-0.2, 0) is 4.74 Å². The van der Waals surface area contributed by atoms with Crippen molar-refractivity contribution in [3.63, 3.8) is 0 Å². The van der Waals surface area contributed by atoms with Crippen LogP contribution in [0, 0.1) is 17.2 Å². The molecule has 0 aliphatic carbocycles. The van der Waals surface area contributed by atoms with E-state index in [-0.39, 0.29) is 5.78 Å². The zero-order valence-electron chi connectivity index (χ0n) is 14.2. The lowest BCUT2D eigenvalue weighted by atomic mass is 9.95. The molecule has 1 fully saturated rings. The molecular weight excluding hydrogens is 322 g/mol. The quantitative estimate of drug-likeness (QED) is 0.733. The lowest BCUT2D eigenvalue weighted by Crippen LogP contribution is -2.37. The minimum absolute atomic E-state index is 0.260. The van der Waals surface area contributed by atoms with Crippen molar-refractivity contribution in [2.75, 3.05) is 46.6 Å². The van der Waals surface area contributed by atoms with Crippen LogP contribution in [0.2, 0.25) is 0 Å². The number of ketones is 1. The van der Waals surface area contributed by atoms with Crippen LogP contribution in [0.4, 0.5) is 5.69 Å². The maximum Gasteiger partial charge on any atom is 0.187 e. The Morgan fingerprint density at radius 3 is 2.88 bits per heavy atom. The first-order valence-corrected chi connectivity index (χ1v) is 8.36. The molecule has 1 saturated heterocycles. The van der Waals surface area contributed by atoms with Crippen LogP contribution in [0.3, 0.4) is 0 Å². The van der Waals surface area contributed by atoms with Crippen molar-refractivity contribution in [1.82, 2.24) is 4.90 Å². The van der Waals surface area contributed by atoms with Crippen LogP contribution >= 0.6 is 0 Å². The Bertz CT molecular complexity index is 705. The molecule has 1 unspecified atom stereocenters. The second-order valence-electron chi connectivity index (χ2n) is 5.93. The molecule has 0 radical (unpaired) electrons. The summed E-state index contributed by atoms with van der Waals surface area (Å²) >= 11 is 0. The first kappa shape index (κ1) is 17.4. The molecule has 1 atom stereocenters. The third-order valence-electron chi connectivity index (χ3n) is 4.31. The number of rotatable bonds is 6. The maximum absolute atomic E-state index is 12.2. The van der Waals surface area contributed by atoms with Gasteiger partial charge in [0.1, 0.15) is 5.92 Å². The second-order valence-corrected chi connectivity index (χ2v) is 5.93. The van der Waals surface area contributed by atoms with Gasteiger partial charge in [0, 0.05) is 37.5 Å². The predicted molar refractivity (Wildman–Crippen MR) is 92.0 cm³/mol. The number of nitrogens with zero attached hydrogens (tertiary/aromatic N) is 3. The number of nitriles is 1. The molecule has 7 heteroatoms. The molecule has 132 valence electrons. The summed E-state index contributed by atoms with van der Waals surface area (Å²) in [7, 11) is 1.53. The van der Waals surface area contributed by atoms with E-state index in [2.05, 4.69) is 9.89 Å². The highest BCUT2D eigenvalue weighted by atomic mass is 16.5. The topological polar surface area (TPSA) is 84.2 Å². The van der Waals surface area contributed by atoms with E-state index in [0.717, 1.165) is 39.3 Å². The van der Waals surface area contributed by atoms with E-state index in [1.807, 2.05) is 6.07 Å². The first-order valence-electron chi connectivity index (χ1n) is 8.36. The fourth-order valence-corrected chi connectivity index (χ4v) is 2.90. The highest BCUT2D eigenvalue weighted by Crippen LogP contribution is 2.37. The monoisotopic (exact) mass is 343 g/mol. The van der Waals surface area contributed by atoms with Crippen molar-refractivity contribution < 1.29 is 19.0 Å². The molecule has 0 aromatic heterocycles. The number of hydrogen-bond donors (Lipinski definition) is 0. The average Bonchev–Trinajstić information content (AvgIpc) is 2.66. The number of benzene rings is 1. The summed E-state index contributed by atoms with van der Waals surface area (Å²) in [5, 5.41) is 8.99. The number of fused-ring (bicyclic) bond motifs is 1. The Labute approximate surface area is 146 Å². The number of hydrogen-bond acceptors (Lipinski definition) is 7. The number of carbonyl (C=O) groups is 1. The van der Waals surface area contributed by atoms with Gasteiger partial charge in [-0.3, -0.25) is 14.7 Å². The molecule has 2 aliphatic heterocycles. The fraction of sp³-hybridized carbons (Fsp3) is 0.500. The molecule has 7 nitrogen and oxygen atoms in total. The van der Waals surface area contributed by atoms with Crippen LogP contribution in [-0.4, -0.2) is 63.5 Å².